The molecule has 0 heterocycles. The number of carbonyl (C=O) groups is 3. The molecule has 0 fully saturated rings. The van der Waals surface area contributed by atoms with Gasteiger partial charge in [0, 0.05) is 6.92 Å². The summed E-state index contributed by atoms with van der Waals surface area (Å²) in [6.45, 7) is 12.8. The third-order valence-electron chi connectivity index (χ3n) is 3.09. The highest BCUT2D eigenvalue weighted by molar-refractivity contribution is 5.85. The summed E-state index contributed by atoms with van der Waals surface area (Å²) in [7, 11) is 4.38. The van der Waals surface area contributed by atoms with Gasteiger partial charge in [-0.25, -0.2) is 4.79 Å². The number of hydrogen-bond donors (Lipinski definition) is 3. The highest BCUT2D eigenvalue weighted by atomic mass is 16.6. The Labute approximate surface area is 193 Å². The number of nitrogens with two attached hydrogens (primary N) is 1. The van der Waals surface area contributed by atoms with E-state index < -0.39 is 5.97 Å². The Balaban J connectivity index is -0.000000229. The summed E-state index contributed by atoms with van der Waals surface area (Å²) in [5, 5.41) is 15.8. The minimum Gasteiger partial charge on any atom is -0.469 e. The van der Waals surface area contributed by atoms with E-state index in [0.717, 1.165) is 12.8 Å². The molecule has 32 heavy (non-hydrogen) atoms. The van der Waals surface area contributed by atoms with Crippen molar-refractivity contribution >= 4 is 24.2 Å². The molecule has 0 saturated heterocycles. The number of aliphatic hydroxyl groups is 1. The smallest absolute Gasteiger partial charge is 0.346 e. The maximum Gasteiger partial charge on any atom is 0.346 e. The Kier molecular flexibility index (Phi) is 28.7. The quantitative estimate of drug-likeness (QED) is 0.108. The van der Waals surface area contributed by atoms with Crippen LogP contribution in [-0.4, -0.2) is 75.0 Å². The Morgan fingerprint density at radius 2 is 1.66 bits per heavy atom. The number of carbonyl (C=O) groups excluding carboxylic acids is 3. The van der Waals surface area contributed by atoms with E-state index in [-0.39, 0.29) is 36.2 Å². The van der Waals surface area contributed by atoms with Crippen molar-refractivity contribution in [3.8, 4) is 0 Å². The first kappa shape index (κ1) is 36.9. The van der Waals surface area contributed by atoms with Gasteiger partial charge in [-0.3, -0.25) is 9.59 Å². The lowest BCUT2D eigenvalue weighted by molar-refractivity contribution is -0.146. The molecule has 192 valence electrons. The number of nitrogens with zero attached hydrogens (tertiary/aromatic N) is 1. The van der Waals surface area contributed by atoms with Crippen LogP contribution >= 0.6 is 0 Å². The zero-order valence-electron chi connectivity index (χ0n) is 21.4. The molecule has 0 saturated carbocycles. The number of hydrogen-bond acceptors (Lipinski definition) is 10. The Morgan fingerprint density at radius 1 is 1.16 bits per heavy atom. The van der Waals surface area contributed by atoms with E-state index in [1.54, 1.807) is 14.0 Å². The highest BCUT2D eigenvalue weighted by Crippen LogP contribution is 2.04. The molecule has 0 aromatic carbocycles. The summed E-state index contributed by atoms with van der Waals surface area (Å²) in [6.07, 6.45) is 1.93. The fraction of sp³-hybridized carbons (Fsp3) is 0.810. The van der Waals surface area contributed by atoms with E-state index in [1.807, 2.05) is 34.6 Å². The Morgan fingerprint density at radius 3 is 1.94 bits per heavy atom. The van der Waals surface area contributed by atoms with Gasteiger partial charge in [0.2, 0.25) is 6.61 Å². The molecule has 0 aromatic rings. The van der Waals surface area contributed by atoms with Crippen LogP contribution in [-0.2, 0) is 33.4 Å². The normalized spacial score (nSPS) is 12.0. The topological polar surface area (TPSA) is 159 Å². The predicted octanol–water partition coefficient (Wildman–Crippen LogP) is 1.75. The van der Waals surface area contributed by atoms with Crippen LogP contribution in [0.2, 0.25) is 0 Å². The number of oxime groups is 1. The molecule has 4 N–H and O–H groups in total. The first-order valence-corrected chi connectivity index (χ1v) is 10.4. The SMILES string of the molecule is CC.CC(C)(C)OC=O.CNC(CCCC(C)O)/C(N)=N/OCC(=O)OC.COC(C)=O. The van der Waals surface area contributed by atoms with Crippen LogP contribution in [0, 0.1) is 0 Å². The summed E-state index contributed by atoms with van der Waals surface area (Å²) in [4.78, 5) is 34.7. The number of methoxy groups -OCH3 is 2. The number of rotatable bonds is 10. The second-order valence-electron chi connectivity index (χ2n) is 7.01. The van der Waals surface area contributed by atoms with E-state index in [2.05, 4.69) is 24.7 Å². The van der Waals surface area contributed by atoms with Crippen LogP contribution in [0.15, 0.2) is 5.16 Å². The minimum absolute atomic E-state index is 0.138. The van der Waals surface area contributed by atoms with Crippen molar-refractivity contribution in [1.29, 1.82) is 0 Å². The van der Waals surface area contributed by atoms with Gasteiger partial charge in [-0.2, -0.15) is 0 Å². The van der Waals surface area contributed by atoms with Gasteiger partial charge < -0.3 is 35.2 Å². The monoisotopic (exact) mass is 467 g/mol. The largest absolute Gasteiger partial charge is 0.469 e. The van der Waals surface area contributed by atoms with Crippen LogP contribution < -0.4 is 11.1 Å². The number of esters is 2. The fourth-order valence-corrected chi connectivity index (χ4v) is 1.48. The van der Waals surface area contributed by atoms with Gasteiger partial charge in [0.25, 0.3) is 6.47 Å². The maximum atomic E-state index is 10.8. The average molecular weight is 468 g/mol. The maximum absolute atomic E-state index is 10.8. The molecule has 11 heteroatoms. The second-order valence-corrected chi connectivity index (χ2v) is 7.01. The third kappa shape index (κ3) is 35.1. The van der Waals surface area contributed by atoms with Crippen molar-refractivity contribution < 1.29 is 38.5 Å². The first-order valence-electron chi connectivity index (χ1n) is 10.4. The fourth-order valence-electron chi connectivity index (χ4n) is 1.48. The van der Waals surface area contributed by atoms with Crippen LogP contribution in [0.4, 0.5) is 0 Å². The lowest BCUT2D eigenvalue weighted by Crippen LogP contribution is -2.39. The summed E-state index contributed by atoms with van der Waals surface area (Å²) < 4.78 is 13.1. The van der Waals surface area contributed by atoms with Gasteiger partial charge in [0.05, 0.1) is 26.4 Å². The van der Waals surface area contributed by atoms with Crippen molar-refractivity contribution in [2.24, 2.45) is 10.9 Å². The molecule has 0 rings (SSSR count). The Bertz CT molecular complexity index is 492. The summed E-state index contributed by atoms with van der Waals surface area (Å²) in [6, 6.07) is -0.138. The van der Waals surface area contributed by atoms with Gasteiger partial charge in [-0.1, -0.05) is 19.0 Å². The molecule has 0 aliphatic heterocycles. The van der Waals surface area contributed by atoms with Crippen LogP contribution in [0.25, 0.3) is 0 Å². The number of likely N-dealkylation sites (N-methyl/N-ethyl adjacent to an activating group) is 1. The van der Waals surface area contributed by atoms with Crippen molar-refractivity contribution in [3.63, 3.8) is 0 Å². The van der Waals surface area contributed by atoms with E-state index in [4.69, 9.17) is 15.7 Å². The van der Waals surface area contributed by atoms with E-state index in [0.29, 0.717) is 12.9 Å². The molecule has 0 aliphatic rings. The minimum atomic E-state index is -0.512. The van der Waals surface area contributed by atoms with E-state index in [1.165, 1.54) is 21.1 Å². The van der Waals surface area contributed by atoms with Gasteiger partial charge >= 0.3 is 11.9 Å². The molecule has 2 atom stereocenters. The molecular weight excluding hydrogens is 422 g/mol. The average Bonchev–Trinajstić information content (AvgIpc) is 2.72. The Hall–Kier alpha value is -2.40. The van der Waals surface area contributed by atoms with Crippen LogP contribution in [0.5, 0.6) is 0 Å². The standard InChI is InChI=1S/C11H23N3O4.C5H10O2.C3H6O2.C2H6/c1-8(15)5-4-6-9(13-2)11(12)14-18-7-10(16)17-3;1-5(2,3)7-4-6;1-3(4)5-2;1-2/h8-9,13,15H,4-7H2,1-3H3,(H2,12,14);4H,1-3H3;1-2H3;1-2H3. The molecule has 0 spiro atoms. The number of amidine groups is 1. The summed E-state index contributed by atoms with van der Waals surface area (Å²) in [5.41, 5.74) is 5.40. The van der Waals surface area contributed by atoms with Crippen molar-refractivity contribution in [1.82, 2.24) is 5.32 Å². The molecule has 2 unspecified atom stereocenters. The van der Waals surface area contributed by atoms with E-state index >= 15 is 0 Å². The lowest BCUT2D eigenvalue weighted by Gasteiger charge is -2.15. The van der Waals surface area contributed by atoms with Crippen molar-refractivity contribution in [2.45, 2.75) is 85.5 Å². The molecular formula is C21H45N3O8. The molecule has 0 radical (unpaired) electrons. The predicted molar refractivity (Wildman–Crippen MR) is 124 cm³/mol. The zero-order chi connectivity index (χ0) is 26.2. The molecule has 11 nitrogen and oxygen atoms in total. The van der Waals surface area contributed by atoms with Crippen molar-refractivity contribution in [3.05, 3.63) is 0 Å². The molecule has 0 aromatic heterocycles. The number of aliphatic hydroxyl groups excluding tert-OH is 1. The highest BCUT2D eigenvalue weighted by Gasteiger charge is 2.12. The second kappa shape index (κ2) is 24.9. The molecule has 0 aliphatic carbocycles. The van der Waals surface area contributed by atoms with Crippen LogP contribution in [0.3, 0.4) is 0 Å². The van der Waals surface area contributed by atoms with Crippen LogP contribution in [0.1, 0.15) is 67.7 Å². The van der Waals surface area contributed by atoms with Gasteiger partial charge in [0.1, 0.15) is 5.60 Å². The lowest BCUT2D eigenvalue weighted by atomic mass is 10.1. The summed E-state index contributed by atoms with van der Waals surface area (Å²) in [5.74, 6) is -0.487. The number of ether oxygens (including phenoxy) is 3. The number of nitrogens with one attached hydrogen (secondary N) is 1. The van der Waals surface area contributed by atoms with Gasteiger partial charge in [-0.15, -0.1) is 0 Å². The summed E-state index contributed by atoms with van der Waals surface area (Å²) >= 11 is 0. The third-order valence-corrected chi connectivity index (χ3v) is 3.09. The van der Waals surface area contributed by atoms with Crippen molar-refractivity contribution in [2.75, 3.05) is 27.9 Å². The molecule has 0 bridgehead atoms. The van der Waals surface area contributed by atoms with Gasteiger partial charge in [0.15, 0.2) is 5.84 Å². The first-order chi connectivity index (χ1) is 14.8. The van der Waals surface area contributed by atoms with E-state index in [9.17, 15) is 14.4 Å². The van der Waals surface area contributed by atoms with Gasteiger partial charge in [-0.05, 0) is 54.0 Å². The molecule has 0 amide bonds. The zero-order valence-corrected chi connectivity index (χ0v) is 21.4.